The van der Waals surface area contributed by atoms with Crippen LogP contribution in [0.4, 0.5) is 0 Å². The van der Waals surface area contributed by atoms with E-state index in [9.17, 15) is 0 Å². The highest BCUT2D eigenvalue weighted by Crippen LogP contribution is 2.56. The normalized spacial score (nSPS) is 38.6. The third-order valence-electron chi connectivity index (χ3n) is 5.69. The first-order valence-electron chi connectivity index (χ1n) is 9.13. The molecule has 4 aliphatic rings. The first kappa shape index (κ1) is 17.2. The summed E-state index contributed by atoms with van der Waals surface area (Å²) in [5.74, 6) is -0.0428. The van der Waals surface area contributed by atoms with E-state index in [1.165, 1.54) is 24.2 Å². The molecule has 0 N–H and O–H groups in total. The summed E-state index contributed by atoms with van der Waals surface area (Å²) in [5, 5.41) is 0.762. The van der Waals surface area contributed by atoms with Crippen molar-refractivity contribution in [1.82, 2.24) is 0 Å². The molecule has 5 rings (SSSR count). The van der Waals surface area contributed by atoms with Crippen LogP contribution in [-0.2, 0) is 14.5 Å². The van der Waals surface area contributed by atoms with Gasteiger partial charge in [-0.05, 0) is 49.4 Å². The van der Waals surface area contributed by atoms with Crippen molar-refractivity contribution in [3.8, 4) is 0 Å². The number of fused-ring (bicyclic) bond motifs is 3. The van der Waals surface area contributed by atoms with Gasteiger partial charge < -0.3 is 4.74 Å². The largest absolute Gasteiger partial charge is 0.330 e. The number of halogens is 1. The fraction of sp³-hybridized carbons (Fsp3) is 0.684. The van der Waals surface area contributed by atoms with Gasteiger partial charge in [-0.3, -0.25) is 0 Å². The minimum absolute atomic E-state index is 0.0215. The van der Waals surface area contributed by atoms with E-state index in [1.807, 2.05) is 12.1 Å². The van der Waals surface area contributed by atoms with Crippen LogP contribution in [0, 0.1) is 5.92 Å². The highest BCUT2D eigenvalue weighted by atomic mass is 35.5. The van der Waals surface area contributed by atoms with Gasteiger partial charge in [0.1, 0.15) is 11.0 Å². The summed E-state index contributed by atoms with van der Waals surface area (Å²) >= 11 is 7.80. The standard InChI is InChI=1S/C19H25ClO3S/c1-2-11-18-13-10-14-5-3-4-12-19(14,23-22-18)17(21-18)24-16-8-6-15(20)7-9-16/h6-9,14,17H,2-5,10-13H2,1H3/t14-,17-,18-,19+/m1/s1. The Hall–Kier alpha value is -0.260. The van der Waals surface area contributed by atoms with Crippen LogP contribution in [0.2, 0.25) is 5.02 Å². The summed E-state index contributed by atoms with van der Waals surface area (Å²) in [6.07, 6.45) is 8.68. The molecule has 24 heavy (non-hydrogen) atoms. The third kappa shape index (κ3) is 3.01. The Morgan fingerprint density at radius 1 is 1.12 bits per heavy atom. The van der Waals surface area contributed by atoms with Crippen LogP contribution < -0.4 is 0 Å². The quantitative estimate of drug-likeness (QED) is 0.613. The fourth-order valence-electron chi connectivity index (χ4n) is 4.42. The van der Waals surface area contributed by atoms with E-state index >= 15 is 0 Å². The molecule has 0 aromatic heterocycles. The molecular weight excluding hydrogens is 344 g/mol. The lowest BCUT2D eigenvalue weighted by molar-refractivity contribution is -0.518. The lowest BCUT2D eigenvalue weighted by atomic mass is 9.74. The molecule has 3 heterocycles. The second kappa shape index (κ2) is 6.81. The maximum atomic E-state index is 6.62. The second-order valence-electron chi connectivity index (χ2n) is 7.29. The van der Waals surface area contributed by atoms with E-state index in [2.05, 4.69) is 19.1 Å². The fourth-order valence-corrected chi connectivity index (χ4v) is 5.86. The van der Waals surface area contributed by atoms with E-state index < -0.39 is 5.79 Å². The molecule has 5 heteroatoms. The Bertz CT molecular complexity index is 576. The minimum Gasteiger partial charge on any atom is -0.330 e. The zero-order valence-electron chi connectivity index (χ0n) is 14.1. The first-order chi connectivity index (χ1) is 11.7. The number of rotatable bonds is 4. The van der Waals surface area contributed by atoms with Crippen molar-refractivity contribution in [2.45, 2.75) is 80.0 Å². The highest BCUT2D eigenvalue weighted by molar-refractivity contribution is 7.99. The Balaban J connectivity index is 1.65. The van der Waals surface area contributed by atoms with Gasteiger partial charge >= 0.3 is 0 Å². The van der Waals surface area contributed by atoms with Gasteiger partial charge in [0, 0.05) is 22.8 Å². The Labute approximate surface area is 153 Å². The molecule has 1 aromatic rings. The van der Waals surface area contributed by atoms with Crippen molar-refractivity contribution < 1.29 is 14.5 Å². The summed E-state index contributed by atoms with van der Waals surface area (Å²) in [4.78, 5) is 13.3. The van der Waals surface area contributed by atoms with E-state index in [-0.39, 0.29) is 11.0 Å². The molecule has 0 amide bonds. The van der Waals surface area contributed by atoms with Gasteiger partial charge in [0.2, 0.25) is 5.79 Å². The second-order valence-corrected chi connectivity index (χ2v) is 8.86. The molecule has 3 nitrogen and oxygen atoms in total. The van der Waals surface area contributed by atoms with Crippen LogP contribution >= 0.6 is 23.4 Å². The zero-order valence-corrected chi connectivity index (χ0v) is 15.7. The molecule has 0 unspecified atom stereocenters. The molecule has 4 fully saturated rings. The van der Waals surface area contributed by atoms with Crippen molar-refractivity contribution in [3.63, 3.8) is 0 Å². The van der Waals surface area contributed by atoms with Crippen molar-refractivity contribution >= 4 is 23.4 Å². The Morgan fingerprint density at radius 2 is 1.96 bits per heavy atom. The third-order valence-corrected chi connectivity index (χ3v) is 7.20. The monoisotopic (exact) mass is 368 g/mol. The molecule has 1 aromatic carbocycles. The molecule has 1 saturated carbocycles. The van der Waals surface area contributed by atoms with Gasteiger partial charge in [0.15, 0.2) is 0 Å². The molecular formula is C19H25ClO3S. The predicted molar refractivity (Wildman–Crippen MR) is 95.9 cm³/mol. The summed E-state index contributed by atoms with van der Waals surface area (Å²) < 4.78 is 6.62. The van der Waals surface area contributed by atoms with Gasteiger partial charge in [-0.15, -0.1) is 0 Å². The topological polar surface area (TPSA) is 27.7 Å². The van der Waals surface area contributed by atoms with Gasteiger partial charge in [-0.2, -0.15) is 0 Å². The van der Waals surface area contributed by atoms with Crippen LogP contribution in [0.25, 0.3) is 0 Å². The summed E-state index contributed by atoms with van der Waals surface area (Å²) in [6, 6.07) is 8.01. The molecule has 0 radical (unpaired) electrons. The maximum absolute atomic E-state index is 6.62. The van der Waals surface area contributed by atoms with Crippen molar-refractivity contribution in [1.29, 1.82) is 0 Å². The zero-order chi connectivity index (χ0) is 16.6. The number of hydrogen-bond acceptors (Lipinski definition) is 4. The summed E-state index contributed by atoms with van der Waals surface area (Å²) in [5.41, 5.74) is -0.331. The van der Waals surface area contributed by atoms with Gasteiger partial charge in [-0.1, -0.05) is 49.5 Å². The van der Waals surface area contributed by atoms with Gasteiger partial charge in [0.05, 0.1) is 0 Å². The molecule has 1 spiro atoms. The van der Waals surface area contributed by atoms with Crippen LogP contribution in [0.15, 0.2) is 29.2 Å². The van der Waals surface area contributed by atoms with Crippen molar-refractivity contribution in [3.05, 3.63) is 29.3 Å². The smallest absolute Gasteiger partial charge is 0.202 e. The lowest BCUT2D eigenvalue weighted by Gasteiger charge is -2.50. The molecule has 132 valence electrons. The Morgan fingerprint density at radius 3 is 2.75 bits per heavy atom. The maximum Gasteiger partial charge on any atom is 0.202 e. The summed E-state index contributed by atoms with van der Waals surface area (Å²) in [6.45, 7) is 2.17. The molecule has 3 saturated heterocycles. The van der Waals surface area contributed by atoms with E-state index in [0.29, 0.717) is 5.92 Å². The van der Waals surface area contributed by atoms with Crippen molar-refractivity contribution in [2.75, 3.05) is 0 Å². The van der Waals surface area contributed by atoms with E-state index in [4.69, 9.17) is 26.1 Å². The minimum atomic E-state index is -0.568. The van der Waals surface area contributed by atoms with Gasteiger partial charge in [-0.25, -0.2) is 9.78 Å². The molecule has 1 aliphatic carbocycles. The lowest BCUT2D eigenvalue weighted by Crippen LogP contribution is -2.58. The van der Waals surface area contributed by atoms with E-state index in [0.717, 1.165) is 37.1 Å². The van der Waals surface area contributed by atoms with Crippen LogP contribution in [0.3, 0.4) is 0 Å². The highest BCUT2D eigenvalue weighted by Gasteiger charge is 2.60. The van der Waals surface area contributed by atoms with Crippen molar-refractivity contribution in [2.24, 2.45) is 5.92 Å². The average molecular weight is 369 g/mol. The van der Waals surface area contributed by atoms with Crippen LogP contribution in [0.5, 0.6) is 0 Å². The summed E-state index contributed by atoms with van der Waals surface area (Å²) in [7, 11) is 0. The predicted octanol–water partition coefficient (Wildman–Crippen LogP) is 5.96. The van der Waals surface area contributed by atoms with Gasteiger partial charge in [0.25, 0.3) is 0 Å². The molecule has 4 atom stereocenters. The SMILES string of the molecule is CCC[C@]12CC[C@H]3CCCC[C@@]3(OO1)[C@@H](Sc1ccc(Cl)cc1)O2. The molecule has 3 aliphatic heterocycles. The average Bonchev–Trinajstić information content (AvgIpc) is 2.83. The van der Waals surface area contributed by atoms with E-state index in [1.54, 1.807) is 11.8 Å². The number of hydrogen-bond donors (Lipinski definition) is 0. The molecule has 2 bridgehead atoms. The Kier molecular flexibility index (Phi) is 4.87. The van der Waals surface area contributed by atoms with Crippen LogP contribution in [0.1, 0.15) is 58.3 Å². The number of thioether (sulfide) groups is 1. The van der Waals surface area contributed by atoms with Crippen LogP contribution in [-0.4, -0.2) is 16.8 Å². The first-order valence-corrected chi connectivity index (χ1v) is 10.4. The number of benzene rings is 1. The number of ether oxygens (including phenoxy) is 1.